The molecule has 0 unspecified atom stereocenters. The second kappa shape index (κ2) is 8.63. The van der Waals surface area contributed by atoms with Gasteiger partial charge in [0.05, 0.1) is 18.8 Å². The quantitative estimate of drug-likeness (QED) is 0.648. The Bertz CT molecular complexity index is 1090. The van der Waals surface area contributed by atoms with Gasteiger partial charge in [-0.2, -0.15) is 0 Å². The Morgan fingerprint density at radius 2 is 1.77 bits per heavy atom. The summed E-state index contributed by atoms with van der Waals surface area (Å²) in [7, 11) is 1.74. The molecule has 1 aromatic carbocycles. The maximum absolute atomic E-state index is 5.66. The van der Waals surface area contributed by atoms with Crippen LogP contribution in [-0.4, -0.2) is 33.5 Å². The van der Waals surface area contributed by atoms with Gasteiger partial charge in [-0.05, 0) is 93.1 Å². The molecule has 0 amide bonds. The predicted octanol–water partition coefficient (Wildman–Crippen LogP) is 4.70. The Balaban J connectivity index is 1.65. The number of aromatic nitrogens is 3. The molecule has 1 saturated heterocycles. The predicted molar refractivity (Wildman–Crippen MR) is 124 cm³/mol. The number of benzene rings is 1. The molecule has 1 fully saturated rings. The van der Waals surface area contributed by atoms with E-state index in [1.54, 1.807) is 19.5 Å². The summed E-state index contributed by atoms with van der Waals surface area (Å²) < 4.78 is 5.56. The molecule has 0 radical (unpaired) electrons. The van der Waals surface area contributed by atoms with Gasteiger partial charge in [0.15, 0.2) is 0 Å². The van der Waals surface area contributed by atoms with Crippen LogP contribution in [0.1, 0.15) is 52.5 Å². The van der Waals surface area contributed by atoms with Gasteiger partial charge >= 0.3 is 0 Å². The summed E-state index contributed by atoms with van der Waals surface area (Å²) in [6.45, 7) is 10.6. The maximum atomic E-state index is 5.66. The molecule has 2 N–H and O–H groups in total. The third kappa shape index (κ3) is 4.26. The number of anilines is 1. The number of pyridine rings is 1. The summed E-state index contributed by atoms with van der Waals surface area (Å²) in [5.41, 5.74) is 15.0. The van der Waals surface area contributed by atoms with Crippen LogP contribution in [0.4, 0.5) is 5.95 Å². The molecule has 3 heterocycles. The highest BCUT2D eigenvalue weighted by molar-refractivity contribution is 5.63. The first-order chi connectivity index (χ1) is 14.9. The highest BCUT2D eigenvalue weighted by Crippen LogP contribution is 2.36. The van der Waals surface area contributed by atoms with Crippen LogP contribution >= 0.6 is 0 Å². The van der Waals surface area contributed by atoms with Gasteiger partial charge in [-0.15, -0.1) is 0 Å². The number of likely N-dealkylation sites (tertiary alicyclic amines) is 1. The topological polar surface area (TPSA) is 77.2 Å². The van der Waals surface area contributed by atoms with Crippen molar-refractivity contribution in [1.82, 2.24) is 19.9 Å². The van der Waals surface area contributed by atoms with Crippen LogP contribution in [0.3, 0.4) is 0 Å². The zero-order chi connectivity index (χ0) is 22.1. The van der Waals surface area contributed by atoms with E-state index >= 15 is 0 Å². The van der Waals surface area contributed by atoms with Crippen LogP contribution in [0.2, 0.25) is 0 Å². The van der Waals surface area contributed by atoms with Crippen LogP contribution in [0.25, 0.3) is 11.1 Å². The van der Waals surface area contributed by atoms with Gasteiger partial charge < -0.3 is 10.5 Å². The first-order valence-electron chi connectivity index (χ1n) is 10.8. The molecule has 0 bridgehead atoms. The fraction of sp³-hybridized carbons (Fsp3) is 0.400. The lowest BCUT2D eigenvalue weighted by Gasteiger charge is -2.27. The first kappa shape index (κ1) is 21.2. The molecule has 162 valence electrons. The minimum atomic E-state index is 0.289. The van der Waals surface area contributed by atoms with Crippen molar-refractivity contribution in [2.45, 2.75) is 53.1 Å². The molecule has 2 aromatic heterocycles. The third-order valence-corrected chi connectivity index (χ3v) is 6.47. The minimum Gasteiger partial charge on any atom is -0.496 e. The second-order valence-electron chi connectivity index (χ2n) is 8.50. The Labute approximate surface area is 184 Å². The lowest BCUT2D eigenvalue weighted by Crippen LogP contribution is -2.25. The van der Waals surface area contributed by atoms with Crippen molar-refractivity contribution in [3.05, 3.63) is 64.2 Å². The van der Waals surface area contributed by atoms with E-state index in [1.807, 2.05) is 6.92 Å². The molecular weight excluding hydrogens is 386 g/mol. The van der Waals surface area contributed by atoms with Gasteiger partial charge in [0.1, 0.15) is 5.75 Å². The summed E-state index contributed by atoms with van der Waals surface area (Å²) in [6, 6.07) is 6.73. The third-order valence-electron chi connectivity index (χ3n) is 6.47. The number of aryl methyl sites for hydroxylation is 2. The summed E-state index contributed by atoms with van der Waals surface area (Å²) >= 11 is 0. The van der Waals surface area contributed by atoms with Crippen molar-refractivity contribution in [2.24, 2.45) is 0 Å². The standard InChI is InChI=1S/C25H31N5O/c1-15-9-24(31-5)18(4)17(3)21(15)14-30-8-6-7-23(30)22-11-19(10-16(2)29-22)20-12-27-25(26)28-13-20/h9-13,23H,6-8,14H2,1-5H3,(H2,26,27,28)/t23-/m0/s1. The van der Waals surface area contributed by atoms with E-state index in [-0.39, 0.29) is 5.95 Å². The number of nitrogen functional groups attached to an aromatic ring is 1. The molecule has 0 spiro atoms. The van der Waals surface area contributed by atoms with Crippen LogP contribution in [0, 0.1) is 27.7 Å². The second-order valence-corrected chi connectivity index (χ2v) is 8.50. The number of hydrogen-bond donors (Lipinski definition) is 1. The monoisotopic (exact) mass is 417 g/mol. The van der Waals surface area contributed by atoms with Gasteiger partial charge in [-0.1, -0.05) is 0 Å². The van der Waals surface area contributed by atoms with Gasteiger partial charge in [0.25, 0.3) is 0 Å². The molecule has 0 aliphatic carbocycles. The SMILES string of the molecule is COc1cc(C)c(CN2CCC[C@H]2c2cc(-c3cnc(N)nc3)cc(C)n2)c(C)c1C. The maximum Gasteiger partial charge on any atom is 0.219 e. The van der Waals surface area contributed by atoms with Crippen molar-refractivity contribution < 1.29 is 4.74 Å². The fourth-order valence-electron chi connectivity index (χ4n) is 4.63. The van der Waals surface area contributed by atoms with E-state index < -0.39 is 0 Å². The summed E-state index contributed by atoms with van der Waals surface area (Å²) in [5.74, 6) is 1.25. The van der Waals surface area contributed by atoms with Crippen LogP contribution in [0.5, 0.6) is 5.75 Å². The number of nitrogens with two attached hydrogens (primary N) is 1. The number of ether oxygens (including phenoxy) is 1. The van der Waals surface area contributed by atoms with Gasteiger partial charge in [-0.25, -0.2) is 9.97 Å². The van der Waals surface area contributed by atoms with Gasteiger partial charge in [-0.3, -0.25) is 9.88 Å². The van der Waals surface area contributed by atoms with E-state index in [0.29, 0.717) is 6.04 Å². The fourth-order valence-corrected chi connectivity index (χ4v) is 4.63. The van der Waals surface area contributed by atoms with E-state index in [4.69, 9.17) is 15.5 Å². The largest absolute Gasteiger partial charge is 0.496 e. The Kier molecular flexibility index (Phi) is 5.92. The average molecular weight is 418 g/mol. The van der Waals surface area contributed by atoms with Crippen molar-refractivity contribution in [1.29, 1.82) is 0 Å². The lowest BCUT2D eigenvalue weighted by atomic mass is 9.96. The summed E-state index contributed by atoms with van der Waals surface area (Å²) in [4.78, 5) is 15.8. The van der Waals surface area contributed by atoms with Crippen molar-refractivity contribution in [3.63, 3.8) is 0 Å². The Hall–Kier alpha value is -2.99. The average Bonchev–Trinajstić information content (AvgIpc) is 3.22. The molecule has 1 atom stereocenters. The minimum absolute atomic E-state index is 0.289. The first-order valence-corrected chi connectivity index (χ1v) is 10.8. The smallest absolute Gasteiger partial charge is 0.219 e. The molecule has 6 heteroatoms. The van der Waals surface area contributed by atoms with Crippen molar-refractivity contribution >= 4 is 5.95 Å². The molecule has 3 aromatic rings. The molecule has 31 heavy (non-hydrogen) atoms. The number of methoxy groups -OCH3 is 1. The van der Waals surface area contributed by atoms with Crippen LogP contribution < -0.4 is 10.5 Å². The van der Waals surface area contributed by atoms with Crippen LogP contribution in [-0.2, 0) is 6.54 Å². The van der Waals surface area contributed by atoms with Gasteiger partial charge in [0.2, 0.25) is 5.95 Å². The number of hydrogen-bond acceptors (Lipinski definition) is 6. The summed E-state index contributed by atoms with van der Waals surface area (Å²) in [6.07, 6.45) is 5.84. The van der Waals surface area contributed by atoms with Crippen molar-refractivity contribution in [2.75, 3.05) is 19.4 Å². The van der Waals surface area contributed by atoms with E-state index in [0.717, 1.165) is 47.8 Å². The zero-order valence-electron chi connectivity index (χ0n) is 19.1. The molecule has 1 aliphatic heterocycles. The van der Waals surface area contributed by atoms with E-state index in [9.17, 15) is 0 Å². The molecule has 4 rings (SSSR count). The number of nitrogens with zero attached hydrogens (tertiary/aromatic N) is 4. The number of rotatable bonds is 5. The van der Waals surface area contributed by atoms with Crippen LogP contribution in [0.15, 0.2) is 30.6 Å². The lowest BCUT2D eigenvalue weighted by molar-refractivity contribution is 0.243. The van der Waals surface area contributed by atoms with Crippen molar-refractivity contribution in [3.8, 4) is 16.9 Å². The Morgan fingerprint density at radius 1 is 1.03 bits per heavy atom. The van der Waals surface area contributed by atoms with Gasteiger partial charge in [0, 0.05) is 30.2 Å². The van der Waals surface area contributed by atoms with E-state index in [2.05, 4.69) is 53.8 Å². The Morgan fingerprint density at radius 3 is 2.48 bits per heavy atom. The zero-order valence-corrected chi connectivity index (χ0v) is 19.1. The summed E-state index contributed by atoms with van der Waals surface area (Å²) in [5, 5.41) is 0. The molecule has 0 saturated carbocycles. The van der Waals surface area contributed by atoms with E-state index in [1.165, 1.54) is 28.7 Å². The molecule has 6 nitrogen and oxygen atoms in total. The highest BCUT2D eigenvalue weighted by atomic mass is 16.5. The highest BCUT2D eigenvalue weighted by Gasteiger charge is 2.29. The molecule has 1 aliphatic rings. The molecular formula is C25H31N5O. The normalized spacial score (nSPS) is 16.6.